The number of nitrogens with two attached hydrogens (primary N) is 1. The highest BCUT2D eigenvalue weighted by molar-refractivity contribution is 8.01. The summed E-state index contributed by atoms with van der Waals surface area (Å²) in [6, 6.07) is 5.82. The number of ether oxygens (including phenoxy) is 1. The van der Waals surface area contributed by atoms with Crippen LogP contribution in [0, 0.1) is 5.82 Å². The highest BCUT2D eigenvalue weighted by Crippen LogP contribution is 2.26. The zero-order valence-electron chi connectivity index (χ0n) is 11.1. The van der Waals surface area contributed by atoms with Crippen molar-refractivity contribution < 1.29 is 13.9 Å². The van der Waals surface area contributed by atoms with E-state index in [1.165, 1.54) is 36.2 Å². The summed E-state index contributed by atoms with van der Waals surface area (Å²) in [7, 11) is 0. The van der Waals surface area contributed by atoms with Crippen LogP contribution in [0.4, 0.5) is 4.39 Å². The molecule has 0 saturated heterocycles. The standard InChI is InChI=1S/C15H16FNO2S/c1-3-8-19-15(18)13(9-17)14(10-20-2)11-4-6-12(16)7-5-11/h3-7,9-10H,1,8,17H2,2H3/b13-9-,14-10-. The van der Waals surface area contributed by atoms with Gasteiger partial charge in [-0.2, -0.15) is 0 Å². The molecule has 0 aliphatic rings. The Labute approximate surface area is 122 Å². The van der Waals surface area contributed by atoms with E-state index in [4.69, 9.17) is 10.5 Å². The first-order valence-electron chi connectivity index (χ1n) is 5.83. The summed E-state index contributed by atoms with van der Waals surface area (Å²) >= 11 is 1.41. The molecule has 0 spiro atoms. The van der Waals surface area contributed by atoms with E-state index in [2.05, 4.69) is 6.58 Å². The lowest BCUT2D eigenvalue weighted by Gasteiger charge is -2.11. The van der Waals surface area contributed by atoms with Crippen LogP contribution >= 0.6 is 11.8 Å². The van der Waals surface area contributed by atoms with Crippen LogP contribution in [0.2, 0.25) is 0 Å². The molecule has 0 unspecified atom stereocenters. The van der Waals surface area contributed by atoms with Gasteiger partial charge in [0.05, 0.1) is 5.57 Å². The van der Waals surface area contributed by atoms with Gasteiger partial charge in [0, 0.05) is 11.8 Å². The van der Waals surface area contributed by atoms with Crippen LogP contribution in [-0.2, 0) is 9.53 Å². The highest BCUT2D eigenvalue weighted by atomic mass is 32.2. The first-order chi connectivity index (χ1) is 9.63. The number of carbonyl (C=O) groups excluding carboxylic acids is 1. The van der Waals surface area contributed by atoms with Crippen LogP contribution in [0.5, 0.6) is 0 Å². The summed E-state index contributed by atoms with van der Waals surface area (Å²) in [5.74, 6) is -0.887. The maximum absolute atomic E-state index is 13.0. The molecule has 0 aromatic heterocycles. The third-order valence-corrected chi connectivity index (χ3v) is 2.87. The summed E-state index contributed by atoms with van der Waals surface area (Å²) in [6.45, 7) is 3.58. The van der Waals surface area contributed by atoms with E-state index >= 15 is 0 Å². The van der Waals surface area contributed by atoms with Gasteiger partial charge in [0.1, 0.15) is 12.4 Å². The van der Waals surface area contributed by atoms with Gasteiger partial charge in [-0.1, -0.05) is 24.8 Å². The summed E-state index contributed by atoms with van der Waals surface area (Å²) in [5.41, 5.74) is 7.04. The fourth-order valence-corrected chi connectivity index (χ4v) is 2.01. The Bertz CT molecular complexity index is 535. The minimum atomic E-state index is -0.544. The molecule has 1 aromatic rings. The van der Waals surface area contributed by atoms with Crippen molar-refractivity contribution in [1.29, 1.82) is 0 Å². The Balaban J connectivity index is 3.12. The number of rotatable bonds is 6. The van der Waals surface area contributed by atoms with E-state index < -0.39 is 5.97 Å². The van der Waals surface area contributed by atoms with E-state index in [9.17, 15) is 9.18 Å². The van der Waals surface area contributed by atoms with Gasteiger partial charge >= 0.3 is 5.97 Å². The Morgan fingerprint density at radius 1 is 1.45 bits per heavy atom. The lowest BCUT2D eigenvalue weighted by atomic mass is 10.0. The number of esters is 1. The van der Waals surface area contributed by atoms with E-state index in [1.54, 1.807) is 17.5 Å². The number of hydrogen-bond acceptors (Lipinski definition) is 4. The lowest BCUT2D eigenvalue weighted by molar-refractivity contribution is -0.137. The first kappa shape index (κ1) is 16.0. The maximum Gasteiger partial charge on any atom is 0.340 e. The fraction of sp³-hybridized carbons (Fsp3) is 0.133. The number of benzene rings is 1. The van der Waals surface area contributed by atoms with Crippen molar-refractivity contribution in [1.82, 2.24) is 0 Å². The van der Waals surface area contributed by atoms with Gasteiger partial charge in [-0.05, 0) is 29.4 Å². The van der Waals surface area contributed by atoms with Gasteiger partial charge in [0.15, 0.2) is 0 Å². The second-order valence-electron chi connectivity index (χ2n) is 3.74. The Hall–Kier alpha value is -2.01. The van der Waals surface area contributed by atoms with Crippen LogP contribution in [0.3, 0.4) is 0 Å². The normalized spacial score (nSPS) is 12.1. The van der Waals surface area contributed by atoms with E-state index in [1.807, 2.05) is 6.26 Å². The number of thioether (sulfide) groups is 1. The maximum atomic E-state index is 13.0. The van der Waals surface area contributed by atoms with Gasteiger partial charge in [-0.3, -0.25) is 0 Å². The molecule has 20 heavy (non-hydrogen) atoms. The van der Waals surface area contributed by atoms with Crippen LogP contribution in [0.25, 0.3) is 5.57 Å². The van der Waals surface area contributed by atoms with Gasteiger partial charge in [0.2, 0.25) is 0 Å². The first-order valence-corrected chi connectivity index (χ1v) is 7.12. The van der Waals surface area contributed by atoms with Crippen LogP contribution < -0.4 is 5.73 Å². The Morgan fingerprint density at radius 2 is 2.10 bits per heavy atom. The summed E-state index contributed by atoms with van der Waals surface area (Å²) < 4.78 is 18.0. The number of hydrogen-bond donors (Lipinski definition) is 1. The Morgan fingerprint density at radius 3 is 2.60 bits per heavy atom. The van der Waals surface area contributed by atoms with Crippen molar-refractivity contribution in [2.75, 3.05) is 12.9 Å². The third kappa shape index (κ3) is 4.28. The smallest absolute Gasteiger partial charge is 0.340 e. The predicted molar refractivity (Wildman–Crippen MR) is 81.3 cm³/mol. The van der Waals surface area contributed by atoms with Crippen LogP contribution in [0.15, 0.2) is 54.1 Å². The molecule has 0 fully saturated rings. The summed E-state index contributed by atoms with van der Waals surface area (Å²) in [5, 5.41) is 1.76. The summed E-state index contributed by atoms with van der Waals surface area (Å²) in [4.78, 5) is 11.9. The molecule has 0 aliphatic carbocycles. The quantitative estimate of drug-likeness (QED) is 0.379. The van der Waals surface area contributed by atoms with Crippen molar-refractivity contribution in [3.8, 4) is 0 Å². The SMILES string of the molecule is C=CCOC(=O)C(=C\N)/C(=C\SC)c1ccc(F)cc1. The molecule has 3 nitrogen and oxygen atoms in total. The molecule has 2 N–H and O–H groups in total. The average Bonchev–Trinajstić information content (AvgIpc) is 2.46. The molecule has 0 bridgehead atoms. The molecule has 0 atom stereocenters. The van der Waals surface area contributed by atoms with Crippen molar-refractivity contribution in [3.05, 3.63) is 65.5 Å². The Kier molecular flexibility index (Phi) is 6.59. The van der Waals surface area contributed by atoms with Gasteiger partial charge in [-0.25, -0.2) is 9.18 Å². The zero-order chi connectivity index (χ0) is 15.0. The van der Waals surface area contributed by atoms with Crippen molar-refractivity contribution in [2.45, 2.75) is 0 Å². The van der Waals surface area contributed by atoms with Crippen molar-refractivity contribution in [2.24, 2.45) is 5.73 Å². The van der Waals surface area contributed by atoms with Crippen molar-refractivity contribution in [3.63, 3.8) is 0 Å². The second-order valence-corrected chi connectivity index (χ2v) is 4.45. The minimum Gasteiger partial charge on any atom is -0.458 e. The largest absolute Gasteiger partial charge is 0.458 e. The van der Waals surface area contributed by atoms with Crippen molar-refractivity contribution >= 4 is 23.3 Å². The average molecular weight is 293 g/mol. The van der Waals surface area contributed by atoms with Gasteiger partial charge in [-0.15, -0.1) is 11.8 Å². The summed E-state index contributed by atoms with van der Waals surface area (Å²) in [6.07, 6.45) is 4.52. The fourth-order valence-electron chi connectivity index (χ4n) is 1.51. The molecular formula is C15H16FNO2S. The van der Waals surface area contributed by atoms with Crippen LogP contribution in [0.1, 0.15) is 5.56 Å². The molecule has 0 heterocycles. The monoisotopic (exact) mass is 293 g/mol. The van der Waals surface area contributed by atoms with Crippen LogP contribution in [-0.4, -0.2) is 18.8 Å². The third-order valence-electron chi connectivity index (χ3n) is 2.40. The molecular weight excluding hydrogens is 277 g/mol. The topological polar surface area (TPSA) is 52.3 Å². The second kappa shape index (κ2) is 8.22. The molecule has 5 heteroatoms. The molecule has 0 aliphatic heterocycles. The molecule has 1 aromatic carbocycles. The molecule has 0 amide bonds. The van der Waals surface area contributed by atoms with E-state index in [0.717, 1.165) is 0 Å². The zero-order valence-corrected chi connectivity index (χ0v) is 12.0. The predicted octanol–water partition coefficient (Wildman–Crippen LogP) is 3.10. The number of halogens is 1. The van der Waals surface area contributed by atoms with E-state index in [-0.39, 0.29) is 18.0 Å². The molecule has 106 valence electrons. The molecule has 1 rings (SSSR count). The van der Waals surface area contributed by atoms with Gasteiger partial charge < -0.3 is 10.5 Å². The molecule has 0 radical (unpaired) electrons. The lowest BCUT2D eigenvalue weighted by Crippen LogP contribution is -2.11. The minimum absolute atomic E-state index is 0.103. The van der Waals surface area contributed by atoms with E-state index in [0.29, 0.717) is 11.1 Å². The molecule has 0 saturated carbocycles. The number of carbonyl (C=O) groups is 1. The highest BCUT2D eigenvalue weighted by Gasteiger charge is 2.17. The van der Waals surface area contributed by atoms with Gasteiger partial charge in [0.25, 0.3) is 0 Å².